The lowest BCUT2D eigenvalue weighted by Gasteiger charge is -2.36. The lowest BCUT2D eigenvalue weighted by atomic mass is 9.81. The highest BCUT2D eigenvalue weighted by Crippen LogP contribution is 2.45. The summed E-state index contributed by atoms with van der Waals surface area (Å²) < 4.78 is 5.77. The van der Waals surface area contributed by atoms with Crippen LogP contribution in [0.1, 0.15) is 29.3 Å². The zero-order chi connectivity index (χ0) is 16.8. The highest BCUT2D eigenvalue weighted by molar-refractivity contribution is 6.06. The van der Waals surface area contributed by atoms with Crippen molar-refractivity contribution in [2.24, 2.45) is 0 Å². The maximum atomic E-state index is 12.5. The summed E-state index contributed by atoms with van der Waals surface area (Å²) in [4.78, 5) is 24.7. The van der Waals surface area contributed by atoms with E-state index >= 15 is 0 Å². The molecule has 0 aliphatic carbocycles. The van der Waals surface area contributed by atoms with E-state index < -0.39 is 22.9 Å². The van der Waals surface area contributed by atoms with Crippen molar-refractivity contribution in [2.75, 3.05) is 0 Å². The third-order valence-electron chi connectivity index (χ3n) is 3.94. The normalized spacial score (nSPS) is 19.8. The van der Waals surface area contributed by atoms with Gasteiger partial charge in [0.25, 0.3) is 0 Å². The fourth-order valence-electron chi connectivity index (χ4n) is 2.78. The molecule has 2 aromatic carbocycles. The number of Topliss-reactive ketones (excluding diaryl/α,β-unsaturated/α-hetero) is 2. The zero-order valence-corrected chi connectivity index (χ0v) is 12.2. The molecule has 0 radical (unpaired) electrons. The van der Waals surface area contributed by atoms with Gasteiger partial charge in [-0.05, 0) is 19.1 Å². The summed E-state index contributed by atoms with van der Waals surface area (Å²) in [5.41, 5.74) is -1.21. The number of hydrogen-bond acceptors (Lipinski definition) is 6. The topological polar surface area (TPSA) is 104 Å². The summed E-state index contributed by atoms with van der Waals surface area (Å²) >= 11 is 0. The minimum Gasteiger partial charge on any atom is -0.508 e. The summed E-state index contributed by atoms with van der Waals surface area (Å²) in [7, 11) is 0. The first-order valence-corrected chi connectivity index (χ1v) is 6.92. The van der Waals surface area contributed by atoms with Gasteiger partial charge in [0.1, 0.15) is 28.6 Å². The lowest BCUT2D eigenvalue weighted by molar-refractivity contribution is -0.133. The van der Waals surface area contributed by atoms with E-state index in [0.717, 1.165) is 6.07 Å². The number of ketones is 2. The van der Waals surface area contributed by atoms with E-state index in [1.54, 1.807) is 0 Å². The molecule has 2 aromatic rings. The quantitative estimate of drug-likeness (QED) is 0.785. The molecule has 6 nitrogen and oxygen atoms in total. The molecule has 1 unspecified atom stereocenters. The van der Waals surface area contributed by atoms with Gasteiger partial charge in [0.15, 0.2) is 17.2 Å². The number of phenols is 3. The molecule has 3 N–H and O–H groups in total. The van der Waals surface area contributed by atoms with Crippen molar-refractivity contribution >= 4 is 11.6 Å². The molecule has 0 amide bonds. The molecule has 1 atom stereocenters. The molecule has 23 heavy (non-hydrogen) atoms. The van der Waals surface area contributed by atoms with Gasteiger partial charge in [-0.1, -0.05) is 12.1 Å². The van der Waals surface area contributed by atoms with E-state index in [0.29, 0.717) is 5.56 Å². The van der Waals surface area contributed by atoms with Crippen molar-refractivity contribution in [2.45, 2.75) is 18.9 Å². The number of aromatic hydroxyl groups is 3. The number of fused-ring (bicyclic) bond motifs is 1. The van der Waals surface area contributed by atoms with Gasteiger partial charge in [-0.3, -0.25) is 9.59 Å². The summed E-state index contributed by atoms with van der Waals surface area (Å²) in [5.74, 6) is -1.57. The average Bonchev–Trinajstić information content (AvgIpc) is 2.46. The van der Waals surface area contributed by atoms with Crippen LogP contribution in [0.15, 0.2) is 36.4 Å². The Bertz CT molecular complexity index is 809. The van der Waals surface area contributed by atoms with Crippen LogP contribution in [0.2, 0.25) is 0 Å². The average molecular weight is 314 g/mol. The predicted molar refractivity (Wildman–Crippen MR) is 79.8 cm³/mol. The second-order valence-corrected chi connectivity index (χ2v) is 5.47. The van der Waals surface area contributed by atoms with Crippen molar-refractivity contribution in [3.8, 4) is 23.0 Å². The highest BCUT2D eigenvalue weighted by atomic mass is 16.5. The van der Waals surface area contributed by atoms with Gasteiger partial charge in [0, 0.05) is 17.7 Å². The summed E-state index contributed by atoms with van der Waals surface area (Å²) in [6, 6.07) is 8.01. The largest absolute Gasteiger partial charge is 0.508 e. The Labute approximate surface area is 131 Å². The van der Waals surface area contributed by atoms with E-state index in [2.05, 4.69) is 0 Å². The molecule has 1 heterocycles. The number of hydrogen-bond donors (Lipinski definition) is 3. The molecule has 0 fully saturated rings. The number of benzene rings is 2. The molecule has 3 rings (SSSR count). The molecule has 0 saturated carbocycles. The van der Waals surface area contributed by atoms with Gasteiger partial charge < -0.3 is 20.1 Å². The summed E-state index contributed by atoms with van der Waals surface area (Å²) in [6.45, 7) is 1.30. The molecule has 0 bridgehead atoms. The number of carbonyl (C=O) groups is 2. The van der Waals surface area contributed by atoms with E-state index in [4.69, 9.17) is 4.74 Å². The minimum atomic E-state index is -1.56. The third-order valence-corrected chi connectivity index (χ3v) is 3.94. The molecule has 1 aliphatic rings. The number of phenolic OH excluding ortho intramolecular Hbond substituents is 3. The molecular formula is C17H14O6. The van der Waals surface area contributed by atoms with Crippen LogP contribution in [-0.4, -0.2) is 26.9 Å². The van der Waals surface area contributed by atoms with Gasteiger partial charge in [0.2, 0.25) is 0 Å². The van der Waals surface area contributed by atoms with Gasteiger partial charge >= 0.3 is 0 Å². The van der Waals surface area contributed by atoms with Crippen LogP contribution in [-0.2, 0) is 10.4 Å². The van der Waals surface area contributed by atoms with Crippen LogP contribution in [0.4, 0.5) is 0 Å². The van der Waals surface area contributed by atoms with Gasteiger partial charge in [-0.15, -0.1) is 0 Å². The zero-order valence-electron chi connectivity index (χ0n) is 12.2. The Morgan fingerprint density at radius 2 is 1.74 bits per heavy atom. The first-order valence-electron chi connectivity index (χ1n) is 6.92. The molecule has 0 aromatic heterocycles. The third kappa shape index (κ3) is 2.28. The Morgan fingerprint density at radius 3 is 2.35 bits per heavy atom. The van der Waals surface area contributed by atoms with E-state index in [1.165, 1.54) is 37.3 Å². The van der Waals surface area contributed by atoms with Gasteiger partial charge in [0.05, 0.1) is 6.42 Å². The van der Waals surface area contributed by atoms with E-state index in [9.17, 15) is 24.9 Å². The summed E-state index contributed by atoms with van der Waals surface area (Å²) in [5, 5.41) is 28.8. The second kappa shape index (κ2) is 5.01. The lowest BCUT2D eigenvalue weighted by Crippen LogP contribution is -2.45. The molecule has 0 saturated heterocycles. The maximum Gasteiger partial charge on any atom is 0.199 e. The molecule has 0 spiro atoms. The second-order valence-electron chi connectivity index (χ2n) is 5.47. The minimum absolute atomic E-state index is 0.0188. The molecule has 118 valence electrons. The predicted octanol–water partition coefficient (Wildman–Crippen LogP) is 2.25. The van der Waals surface area contributed by atoms with Crippen LogP contribution in [0, 0.1) is 0 Å². The van der Waals surface area contributed by atoms with Gasteiger partial charge in [-0.25, -0.2) is 0 Å². The number of ether oxygens (including phenoxy) is 1. The standard InChI is InChI=1S/C17H14O6/c1-9(18)17(10-2-4-11(19)5-3-10)8-14(22)16-13(21)6-12(20)7-15(16)23-17/h2-7,19-21H,8H2,1H3. The molecule has 6 heteroatoms. The molecular weight excluding hydrogens is 300 g/mol. The fraction of sp³-hybridized carbons (Fsp3) is 0.176. The fourth-order valence-corrected chi connectivity index (χ4v) is 2.78. The first-order chi connectivity index (χ1) is 10.8. The summed E-state index contributed by atoms with van der Waals surface area (Å²) in [6.07, 6.45) is -0.279. The van der Waals surface area contributed by atoms with Crippen LogP contribution in [0.5, 0.6) is 23.0 Å². The van der Waals surface area contributed by atoms with Crippen LogP contribution < -0.4 is 4.74 Å². The van der Waals surface area contributed by atoms with Crippen molar-refractivity contribution in [3.63, 3.8) is 0 Å². The van der Waals surface area contributed by atoms with Gasteiger partial charge in [-0.2, -0.15) is 0 Å². The Balaban J connectivity index is 2.19. The highest BCUT2D eigenvalue weighted by Gasteiger charge is 2.47. The molecule has 1 aliphatic heterocycles. The van der Waals surface area contributed by atoms with Crippen molar-refractivity contribution < 1.29 is 29.6 Å². The first kappa shape index (κ1) is 14.9. The van der Waals surface area contributed by atoms with Crippen molar-refractivity contribution in [1.29, 1.82) is 0 Å². The van der Waals surface area contributed by atoms with E-state index in [-0.39, 0.29) is 29.2 Å². The Morgan fingerprint density at radius 1 is 1.09 bits per heavy atom. The Kier molecular flexibility index (Phi) is 3.25. The maximum absolute atomic E-state index is 12.5. The van der Waals surface area contributed by atoms with E-state index in [1.807, 2.05) is 0 Å². The van der Waals surface area contributed by atoms with Crippen LogP contribution in [0.25, 0.3) is 0 Å². The van der Waals surface area contributed by atoms with Crippen molar-refractivity contribution in [3.05, 3.63) is 47.5 Å². The monoisotopic (exact) mass is 314 g/mol. The Hall–Kier alpha value is -3.02. The SMILES string of the molecule is CC(=O)C1(c2ccc(O)cc2)CC(=O)c2c(O)cc(O)cc2O1. The number of rotatable bonds is 2. The van der Waals surface area contributed by atoms with Crippen LogP contribution >= 0.6 is 0 Å². The van der Waals surface area contributed by atoms with Crippen LogP contribution in [0.3, 0.4) is 0 Å². The smallest absolute Gasteiger partial charge is 0.199 e. The number of carbonyl (C=O) groups excluding carboxylic acids is 2. The van der Waals surface area contributed by atoms with Crippen molar-refractivity contribution in [1.82, 2.24) is 0 Å².